The molecule has 0 bridgehead atoms. The molecule has 0 atom stereocenters. The highest BCUT2D eigenvalue weighted by molar-refractivity contribution is 5.75. The zero-order chi connectivity index (χ0) is 41.5. The number of aliphatic hydroxyl groups is 2. The summed E-state index contributed by atoms with van der Waals surface area (Å²) in [5, 5.41) is 26.3. The molecule has 298 valence electrons. The zero-order valence-corrected chi connectivity index (χ0v) is 32.1. The third kappa shape index (κ3) is 9.15. The van der Waals surface area contributed by atoms with Crippen molar-refractivity contribution in [3.63, 3.8) is 0 Å². The number of alkyl halides is 3. The normalized spacial score (nSPS) is 11.3. The van der Waals surface area contributed by atoms with Gasteiger partial charge in [0.2, 0.25) is 11.6 Å². The molecule has 0 aliphatic carbocycles. The molecule has 4 heterocycles. The van der Waals surface area contributed by atoms with Gasteiger partial charge in [-0.1, -0.05) is 71.0 Å². The van der Waals surface area contributed by atoms with Crippen LogP contribution in [0.2, 0.25) is 0 Å². The lowest BCUT2D eigenvalue weighted by atomic mass is 9.94. The number of aliphatic hydroxyl groups excluding tert-OH is 2. The van der Waals surface area contributed by atoms with E-state index in [9.17, 15) is 18.3 Å². The van der Waals surface area contributed by atoms with Crippen LogP contribution in [0.4, 0.5) is 13.2 Å². The van der Waals surface area contributed by atoms with Crippen LogP contribution < -0.4 is 0 Å². The summed E-state index contributed by atoms with van der Waals surface area (Å²) in [6.07, 6.45) is -1.48. The first-order valence-corrected chi connectivity index (χ1v) is 18.3. The van der Waals surface area contributed by atoms with E-state index in [1.807, 2.05) is 24.3 Å². The number of ether oxygens (including phenoxy) is 1. The Hall–Kier alpha value is -6.87. The fraction of sp³-hybridized carbons (Fsp3) is 0.156. The fourth-order valence-electron chi connectivity index (χ4n) is 6.43. The summed E-state index contributed by atoms with van der Waals surface area (Å²) in [5.41, 5.74) is 8.40. The number of benzene rings is 4. The SMILES string of the molecule is COCc1cc(-c2nc(-c3ccnc(CO)c3)no2)ccc1-c1ccccc1C.Cc1ccccc1-c1ccc(-c2nc(-c3ccc(CO)nc3)no2)cc1C(F)(F)F. The van der Waals surface area contributed by atoms with Crippen molar-refractivity contribution in [2.24, 2.45) is 0 Å². The number of rotatable bonds is 10. The molecule has 59 heavy (non-hydrogen) atoms. The van der Waals surface area contributed by atoms with Gasteiger partial charge in [-0.05, 0) is 101 Å². The number of hydrogen-bond acceptors (Lipinski definition) is 11. The number of hydrogen-bond donors (Lipinski definition) is 2. The Kier molecular flexibility index (Phi) is 12.1. The van der Waals surface area contributed by atoms with Crippen molar-refractivity contribution in [1.29, 1.82) is 0 Å². The van der Waals surface area contributed by atoms with E-state index in [-0.39, 0.29) is 36.1 Å². The van der Waals surface area contributed by atoms with Crippen LogP contribution in [0, 0.1) is 13.8 Å². The van der Waals surface area contributed by atoms with E-state index >= 15 is 0 Å². The minimum atomic E-state index is -4.56. The molecule has 4 aromatic carbocycles. The summed E-state index contributed by atoms with van der Waals surface area (Å²) in [4.78, 5) is 16.8. The number of aromatic nitrogens is 6. The number of halogens is 3. The maximum absolute atomic E-state index is 13.8. The van der Waals surface area contributed by atoms with Gasteiger partial charge in [-0.3, -0.25) is 9.97 Å². The second kappa shape index (κ2) is 17.7. The van der Waals surface area contributed by atoms with Gasteiger partial charge in [0.25, 0.3) is 11.8 Å². The van der Waals surface area contributed by atoms with Gasteiger partial charge in [0.1, 0.15) is 0 Å². The van der Waals surface area contributed by atoms with Crippen LogP contribution in [-0.2, 0) is 30.7 Å². The second-order valence-corrected chi connectivity index (χ2v) is 13.4. The summed E-state index contributed by atoms with van der Waals surface area (Å²) >= 11 is 0. The van der Waals surface area contributed by atoms with Crippen LogP contribution >= 0.6 is 0 Å². The Morgan fingerprint density at radius 3 is 1.75 bits per heavy atom. The predicted octanol–water partition coefficient (Wildman–Crippen LogP) is 9.70. The molecule has 0 saturated heterocycles. The van der Waals surface area contributed by atoms with Crippen molar-refractivity contribution in [2.45, 2.75) is 39.8 Å². The monoisotopic (exact) mass is 798 g/mol. The molecular weight excluding hydrogens is 762 g/mol. The van der Waals surface area contributed by atoms with Crippen LogP contribution in [0.25, 0.3) is 67.9 Å². The van der Waals surface area contributed by atoms with Gasteiger partial charge < -0.3 is 24.0 Å². The fourth-order valence-corrected chi connectivity index (χ4v) is 6.43. The Balaban J connectivity index is 0.000000179. The highest BCUT2D eigenvalue weighted by Crippen LogP contribution is 2.40. The third-order valence-electron chi connectivity index (χ3n) is 9.43. The number of aryl methyl sites for hydroxylation is 2. The van der Waals surface area contributed by atoms with E-state index in [1.165, 1.54) is 29.5 Å². The van der Waals surface area contributed by atoms with Crippen LogP contribution in [0.3, 0.4) is 0 Å². The predicted molar refractivity (Wildman–Crippen MR) is 214 cm³/mol. The molecule has 0 fully saturated rings. The average Bonchev–Trinajstić information content (AvgIpc) is 3.96. The highest BCUT2D eigenvalue weighted by Gasteiger charge is 2.35. The van der Waals surface area contributed by atoms with Crippen molar-refractivity contribution < 1.29 is 37.2 Å². The highest BCUT2D eigenvalue weighted by atomic mass is 19.4. The van der Waals surface area contributed by atoms with Gasteiger partial charge in [0, 0.05) is 41.8 Å². The molecule has 0 spiro atoms. The third-order valence-corrected chi connectivity index (χ3v) is 9.43. The van der Waals surface area contributed by atoms with Gasteiger partial charge >= 0.3 is 6.18 Å². The van der Waals surface area contributed by atoms with Gasteiger partial charge in [-0.25, -0.2) is 0 Å². The average molecular weight is 799 g/mol. The minimum Gasteiger partial charge on any atom is -0.390 e. The molecular formula is C45H37F3N6O5. The van der Waals surface area contributed by atoms with Gasteiger partial charge in [-0.2, -0.15) is 23.1 Å². The lowest BCUT2D eigenvalue weighted by molar-refractivity contribution is -0.137. The topological polar surface area (TPSA) is 153 Å². The molecule has 4 aromatic heterocycles. The van der Waals surface area contributed by atoms with Gasteiger partial charge in [0.05, 0.1) is 36.8 Å². The van der Waals surface area contributed by atoms with E-state index in [2.05, 4.69) is 55.4 Å². The van der Waals surface area contributed by atoms with Gasteiger partial charge in [-0.15, -0.1) is 0 Å². The molecule has 0 aliphatic rings. The first kappa shape index (κ1) is 40.3. The van der Waals surface area contributed by atoms with Crippen molar-refractivity contribution in [3.05, 3.63) is 155 Å². The van der Waals surface area contributed by atoms with Crippen LogP contribution in [-0.4, -0.2) is 47.6 Å². The summed E-state index contributed by atoms with van der Waals surface area (Å²) in [6.45, 7) is 4.00. The number of nitrogens with zero attached hydrogens (tertiary/aromatic N) is 6. The Labute approximate surface area is 336 Å². The Morgan fingerprint density at radius 1 is 0.593 bits per heavy atom. The standard InChI is InChI=1S/C23H21N3O3.C22H16F3N3O2/c1-15-5-3-4-6-20(15)21-8-7-17(11-18(21)14-28-2)23-25-22(26-29-23)16-9-10-24-19(12-16)13-27;1-13-4-2-3-5-17(13)18-9-7-14(10-19(18)22(23,24)25)21-27-20(28-30-21)15-6-8-16(12-29)26-11-15/h3-12,27H,13-14H2,1-2H3;2-11,29H,12H2,1H3. The molecule has 0 unspecified atom stereocenters. The minimum absolute atomic E-state index is 0.0296. The van der Waals surface area contributed by atoms with Crippen LogP contribution in [0.1, 0.15) is 33.6 Å². The second-order valence-electron chi connectivity index (χ2n) is 13.4. The molecule has 8 aromatic rings. The van der Waals surface area contributed by atoms with Crippen LogP contribution in [0.5, 0.6) is 0 Å². The van der Waals surface area contributed by atoms with E-state index < -0.39 is 11.7 Å². The molecule has 14 heteroatoms. The Bertz CT molecular complexity index is 2700. The maximum atomic E-state index is 13.8. The Morgan fingerprint density at radius 2 is 1.17 bits per heavy atom. The van der Waals surface area contributed by atoms with E-state index in [1.54, 1.807) is 68.8 Å². The quantitative estimate of drug-likeness (QED) is 0.136. The first-order valence-electron chi connectivity index (χ1n) is 18.3. The number of pyridine rings is 2. The smallest absolute Gasteiger partial charge is 0.390 e. The van der Waals surface area contributed by atoms with Crippen molar-refractivity contribution in [3.8, 4) is 67.9 Å². The lowest BCUT2D eigenvalue weighted by Crippen LogP contribution is -2.08. The molecule has 8 rings (SSSR count). The van der Waals surface area contributed by atoms with E-state index in [0.29, 0.717) is 40.8 Å². The van der Waals surface area contributed by atoms with E-state index in [4.69, 9.17) is 18.9 Å². The molecule has 0 saturated carbocycles. The molecule has 0 amide bonds. The summed E-state index contributed by atoms with van der Waals surface area (Å²) in [5.74, 6) is 1.04. The van der Waals surface area contributed by atoms with Crippen LogP contribution in [0.15, 0.2) is 131 Å². The summed E-state index contributed by atoms with van der Waals surface area (Å²) in [7, 11) is 1.68. The molecule has 11 nitrogen and oxygen atoms in total. The molecule has 0 radical (unpaired) electrons. The van der Waals surface area contributed by atoms with E-state index in [0.717, 1.165) is 33.9 Å². The largest absolute Gasteiger partial charge is 0.417 e. The summed E-state index contributed by atoms with van der Waals surface area (Å²) in [6, 6.07) is 32.0. The maximum Gasteiger partial charge on any atom is 0.417 e. The van der Waals surface area contributed by atoms with Gasteiger partial charge in [0.15, 0.2) is 0 Å². The number of methoxy groups -OCH3 is 1. The molecule has 0 aliphatic heterocycles. The van der Waals surface area contributed by atoms with Crippen molar-refractivity contribution >= 4 is 0 Å². The van der Waals surface area contributed by atoms with Crippen molar-refractivity contribution in [2.75, 3.05) is 7.11 Å². The molecule has 2 N–H and O–H groups in total. The lowest BCUT2D eigenvalue weighted by Gasteiger charge is -2.15. The van der Waals surface area contributed by atoms with Crippen molar-refractivity contribution in [1.82, 2.24) is 30.2 Å². The zero-order valence-electron chi connectivity index (χ0n) is 32.1. The first-order chi connectivity index (χ1) is 28.6. The summed E-state index contributed by atoms with van der Waals surface area (Å²) < 4.78 is 57.5.